The van der Waals surface area contributed by atoms with Crippen molar-refractivity contribution in [2.75, 3.05) is 0 Å². The third kappa shape index (κ3) is 24.2. The van der Waals surface area contributed by atoms with Crippen LogP contribution in [0.15, 0.2) is 439 Å². The largest absolute Gasteiger partial charge is 2.00 e. The Morgan fingerprint density at radius 1 is 0.152 bits per heavy atom. The molecule has 20 aromatic heterocycles. The van der Waals surface area contributed by atoms with Crippen LogP contribution in [0, 0.1) is 0 Å². The Labute approximate surface area is 838 Å². The van der Waals surface area contributed by atoms with Gasteiger partial charge in [-0.15, -0.1) is 0 Å². The molecule has 0 saturated carbocycles. The smallest absolute Gasteiger partial charge is 0.412 e. The number of hydrogen-bond acceptors (Lipinski definition) is 20. The topological polar surface area (TPSA) is 415 Å². The molecular formula is C108H82Mn2N22O4Ru2+6. The molecule has 0 saturated heterocycles. The van der Waals surface area contributed by atoms with Gasteiger partial charge in [0.15, 0.2) is 0 Å². The number of aromatic amines is 2. The summed E-state index contributed by atoms with van der Waals surface area (Å²) in [6.07, 6.45) is 28.5. The number of hydrogen-bond donors (Lipinski definition) is 2. The van der Waals surface area contributed by atoms with E-state index in [4.69, 9.17) is 19.9 Å². The van der Waals surface area contributed by atoms with Gasteiger partial charge in [0.25, 0.3) is 0 Å². The van der Waals surface area contributed by atoms with Gasteiger partial charge < -0.3 is 31.9 Å². The molecule has 0 bridgehead atoms. The number of fused-ring (bicyclic) bond motifs is 12. The molecule has 672 valence electrons. The number of H-pyrrole nitrogens is 2. The van der Waals surface area contributed by atoms with E-state index in [0.29, 0.717) is 0 Å². The molecule has 24 rings (SSSR count). The van der Waals surface area contributed by atoms with Gasteiger partial charge >= 0.3 is 56.0 Å². The third-order valence-electron chi connectivity index (χ3n) is 20.8. The molecule has 0 unspecified atom stereocenters. The van der Waals surface area contributed by atoms with Gasteiger partial charge in [0.1, 0.15) is 11.6 Å². The van der Waals surface area contributed by atoms with Crippen molar-refractivity contribution in [1.29, 1.82) is 0 Å². The van der Waals surface area contributed by atoms with Crippen molar-refractivity contribution in [2.24, 2.45) is 0 Å². The zero-order chi connectivity index (χ0) is 87.3. The van der Waals surface area contributed by atoms with E-state index in [9.17, 15) is 0 Å². The van der Waals surface area contributed by atoms with Crippen LogP contribution in [0.2, 0.25) is 0 Å². The van der Waals surface area contributed by atoms with E-state index in [-0.39, 0.29) is 95.0 Å². The molecule has 0 spiro atoms. The monoisotopic (exact) mass is 2060 g/mol. The first-order valence-corrected chi connectivity index (χ1v) is 41.7. The average molecular weight is 2060 g/mol. The van der Waals surface area contributed by atoms with E-state index in [1.165, 1.54) is 0 Å². The predicted octanol–water partition coefficient (Wildman–Crippen LogP) is 20.3. The molecule has 0 aliphatic rings. The summed E-state index contributed by atoms with van der Waals surface area (Å²) in [5, 5.41) is 3.97. The first-order chi connectivity index (χ1) is 64.5. The molecule has 30 heteroatoms. The molecule has 24 aromatic rings. The average Bonchev–Trinajstić information content (AvgIpc) is 1.56. The summed E-state index contributed by atoms with van der Waals surface area (Å²) in [7, 11) is 0. The van der Waals surface area contributed by atoms with Crippen molar-refractivity contribution < 1.29 is 95.0 Å². The van der Waals surface area contributed by atoms with Gasteiger partial charge in [-0.05, 0) is 241 Å². The number of nitrogens with one attached hydrogen (secondary N) is 2. The minimum atomic E-state index is 0. The number of nitrogens with zero attached hydrogens (tertiary/aromatic N) is 20. The molecular weight excluding hydrogens is 1980 g/mol. The fourth-order valence-electron chi connectivity index (χ4n) is 14.7. The molecule has 0 aliphatic heterocycles. The Bertz CT molecular complexity index is 6860. The minimum Gasteiger partial charge on any atom is -0.412 e. The molecule has 26 nitrogen and oxygen atoms in total. The first kappa shape index (κ1) is 102. The van der Waals surface area contributed by atoms with Gasteiger partial charge in [0.05, 0.1) is 135 Å². The Hall–Kier alpha value is -16.3. The van der Waals surface area contributed by atoms with Crippen LogP contribution in [-0.4, -0.2) is 132 Å². The number of aromatic nitrogens is 22. The summed E-state index contributed by atoms with van der Waals surface area (Å²) in [6.45, 7) is 0. The molecule has 2 radical (unpaired) electrons. The molecule has 4 aromatic carbocycles. The van der Waals surface area contributed by atoms with Crippen LogP contribution in [-0.2, 0) is 73.1 Å². The second-order valence-electron chi connectivity index (χ2n) is 29.2. The van der Waals surface area contributed by atoms with E-state index in [0.717, 1.165) is 202 Å². The first-order valence-electron chi connectivity index (χ1n) is 41.7. The fourth-order valence-corrected chi connectivity index (χ4v) is 14.7. The summed E-state index contributed by atoms with van der Waals surface area (Å²) in [6, 6.07) is 111. The van der Waals surface area contributed by atoms with Gasteiger partial charge in [-0.1, -0.05) is 121 Å². The third-order valence-corrected chi connectivity index (χ3v) is 20.8. The molecule has 0 aliphatic carbocycles. The molecule has 20 heterocycles. The van der Waals surface area contributed by atoms with Crippen LogP contribution in [0.1, 0.15) is 0 Å². The minimum absolute atomic E-state index is 0. The van der Waals surface area contributed by atoms with Gasteiger partial charge in [-0.3, -0.25) is 79.7 Å². The molecule has 0 fully saturated rings. The SMILES string of the molecule is O.O.O.O.[Mn+2].[Mn].[Ru+2].[Ru+2].c1ccc(-c2cc(-c3ccc(-c4nc5c6cccnc6c6ncccc6c5[nH]4)cc3)cc(-c3ccccn3)n2)nc1.c1ccc(-c2cc(-c3ccc(-c4nc5c6cccnc6c6ncccc6c5[nH]4)cc3)cc(-c3ccccn3)n2)nc1.c1ccc(-c2ccccn2)nc1.c1ccc(-c2ccccn2)nc1.c1ccc(-c2ccccn2)nc1.c1ccc(-c2ccccn2)nc1. The maximum absolute atomic E-state index is 5.02. The summed E-state index contributed by atoms with van der Waals surface area (Å²) in [5.41, 5.74) is 27.1. The van der Waals surface area contributed by atoms with Gasteiger partial charge in [0.2, 0.25) is 0 Å². The Morgan fingerprint density at radius 2 is 0.326 bits per heavy atom. The normalized spacial score (nSPS) is 10.1. The summed E-state index contributed by atoms with van der Waals surface area (Å²) in [4.78, 5) is 97.0. The Balaban J connectivity index is 0.000000173. The zero-order valence-electron chi connectivity index (χ0n) is 73.0. The maximum atomic E-state index is 5.02. The van der Waals surface area contributed by atoms with E-state index in [1.807, 2.05) is 255 Å². The van der Waals surface area contributed by atoms with Crippen LogP contribution in [0.4, 0.5) is 0 Å². The maximum Gasteiger partial charge on any atom is 2.00 e. The molecule has 138 heavy (non-hydrogen) atoms. The number of pyridine rings is 18. The van der Waals surface area contributed by atoms with Crippen LogP contribution < -0.4 is 0 Å². The van der Waals surface area contributed by atoms with Crippen molar-refractivity contribution in [2.45, 2.75) is 0 Å². The summed E-state index contributed by atoms with van der Waals surface area (Å²) in [5.74, 6) is 1.59. The second-order valence-corrected chi connectivity index (χ2v) is 29.2. The van der Waals surface area contributed by atoms with Gasteiger partial charge in [0, 0.05) is 149 Å². The molecule has 0 amide bonds. The van der Waals surface area contributed by atoms with Crippen molar-refractivity contribution in [3.63, 3.8) is 0 Å². The van der Waals surface area contributed by atoms with Gasteiger partial charge in [-0.2, -0.15) is 0 Å². The molecule has 0 atom stereocenters. The van der Waals surface area contributed by atoms with Crippen molar-refractivity contribution in [1.82, 2.24) is 110 Å². The van der Waals surface area contributed by atoms with Crippen molar-refractivity contribution in [3.05, 3.63) is 439 Å². The Kier molecular flexibility index (Phi) is 37.1. The summed E-state index contributed by atoms with van der Waals surface area (Å²) < 4.78 is 0. The van der Waals surface area contributed by atoms with Crippen LogP contribution >= 0.6 is 0 Å². The number of benzene rings is 4. The van der Waals surface area contributed by atoms with Gasteiger partial charge in [-0.25, -0.2) is 19.9 Å². The van der Waals surface area contributed by atoms with E-state index in [1.54, 1.807) is 99.1 Å². The van der Waals surface area contributed by atoms with E-state index >= 15 is 0 Å². The Morgan fingerprint density at radius 3 is 0.522 bits per heavy atom. The van der Waals surface area contributed by atoms with E-state index in [2.05, 4.69) is 175 Å². The number of imidazole rings is 2. The standard InChI is InChI=1S/2C34H21N7.4C10H8N2.2Mn.4H2O.2Ru/c2*1-3-15-35-26(9-1)28-19-23(20-29(39-28)27-10-2-4-16-36-27)21-11-13-22(14-12-21)34-40-32-24-7-5-17-37-30(24)31-25(33(32)41-34)8-6-18-38-31;4*1-3-7-11-9(5-1)10-6-2-4-8-12-10;;;;;;;;/h2*1-20H,(H,40,41);4*1-8H;;;4*1H2;;/q;;;;;;;+2;;;;;2*+2. The van der Waals surface area contributed by atoms with Crippen LogP contribution in [0.5, 0.6) is 0 Å². The number of rotatable bonds is 12. The van der Waals surface area contributed by atoms with Crippen molar-refractivity contribution in [3.8, 4) is 136 Å². The second kappa shape index (κ2) is 50.1. The predicted molar refractivity (Wildman–Crippen MR) is 528 cm³/mol. The zero-order valence-corrected chi connectivity index (χ0v) is 78.8. The quantitative estimate of drug-likeness (QED) is 0.0847. The fraction of sp³-hybridized carbons (Fsp3) is 0. The molecule has 10 N–H and O–H groups in total. The van der Waals surface area contributed by atoms with Crippen LogP contribution in [0.3, 0.4) is 0 Å². The van der Waals surface area contributed by atoms with E-state index < -0.39 is 0 Å². The van der Waals surface area contributed by atoms with Crippen molar-refractivity contribution >= 4 is 65.7 Å². The summed E-state index contributed by atoms with van der Waals surface area (Å²) >= 11 is 0. The van der Waals surface area contributed by atoms with Crippen LogP contribution in [0.25, 0.3) is 202 Å².